The van der Waals surface area contributed by atoms with Crippen LogP contribution in [0.1, 0.15) is 17.4 Å². The van der Waals surface area contributed by atoms with E-state index in [4.69, 9.17) is 4.74 Å². The van der Waals surface area contributed by atoms with Crippen molar-refractivity contribution in [3.8, 4) is 0 Å². The standard InChI is InChI=1S/C22H25FN10O/c1-31-13-17(25-14-31)26-20-28-21(30-22(29-20)33-9-11-34-12-10-33)27-18(19-24-7-8-32(19)2)15-3-5-16(23)6-4-15/h3-8,13-14,18H,9-12H2,1-2H3,(H2,26,27,28,29,30). The van der Waals surface area contributed by atoms with E-state index in [0.29, 0.717) is 50.0 Å². The highest BCUT2D eigenvalue weighted by molar-refractivity contribution is 5.52. The summed E-state index contributed by atoms with van der Waals surface area (Å²) in [5.74, 6) is 2.28. The highest BCUT2D eigenvalue weighted by Crippen LogP contribution is 2.26. The Labute approximate surface area is 195 Å². The van der Waals surface area contributed by atoms with Gasteiger partial charge in [-0.15, -0.1) is 0 Å². The first-order chi connectivity index (χ1) is 16.5. The van der Waals surface area contributed by atoms with Gasteiger partial charge in [0.05, 0.1) is 19.5 Å². The quantitative estimate of drug-likeness (QED) is 0.425. The van der Waals surface area contributed by atoms with E-state index in [9.17, 15) is 4.39 Å². The number of anilines is 4. The van der Waals surface area contributed by atoms with Crippen LogP contribution in [0.25, 0.3) is 0 Å². The molecular formula is C22H25FN10O. The summed E-state index contributed by atoms with van der Waals surface area (Å²) in [7, 11) is 3.79. The van der Waals surface area contributed by atoms with Gasteiger partial charge >= 0.3 is 0 Å². The van der Waals surface area contributed by atoms with Crippen LogP contribution < -0.4 is 15.5 Å². The molecule has 0 aliphatic carbocycles. The van der Waals surface area contributed by atoms with Gasteiger partial charge in [-0.1, -0.05) is 12.1 Å². The number of hydrogen-bond acceptors (Lipinski definition) is 9. The molecule has 12 heteroatoms. The molecule has 1 unspecified atom stereocenters. The molecule has 0 saturated carbocycles. The van der Waals surface area contributed by atoms with Crippen LogP contribution >= 0.6 is 0 Å². The fraction of sp³-hybridized carbons (Fsp3) is 0.318. The number of benzene rings is 1. The molecule has 4 aromatic rings. The van der Waals surface area contributed by atoms with Crippen molar-refractivity contribution in [3.05, 3.63) is 66.4 Å². The highest BCUT2D eigenvalue weighted by atomic mass is 19.1. The monoisotopic (exact) mass is 464 g/mol. The molecule has 5 rings (SSSR count). The minimum atomic E-state index is -0.414. The zero-order chi connectivity index (χ0) is 23.5. The second kappa shape index (κ2) is 9.43. The first-order valence-corrected chi connectivity index (χ1v) is 10.9. The molecule has 11 nitrogen and oxygen atoms in total. The number of nitrogens with one attached hydrogen (secondary N) is 2. The molecule has 0 spiro atoms. The number of rotatable bonds is 7. The molecule has 1 fully saturated rings. The number of nitrogens with zero attached hydrogens (tertiary/aromatic N) is 8. The molecule has 0 radical (unpaired) electrons. The summed E-state index contributed by atoms with van der Waals surface area (Å²) in [4.78, 5) is 24.7. The number of hydrogen-bond donors (Lipinski definition) is 2. The lowest BCUT2D eigenvalue weighted by Gasteiger charge is -2.27. The summed E-state index contributed by atoms with van der Waals surface area (Å²) in [6.07, 6.45) is 7.10. The summed E-state index contributed by atoms with van der Waals surface area (Å²) >= 11 is 0. The maximum Gasteiger partial charge on any atom is 0.235 e. The molecule has 1 aliphatic heterocycles. The third kappa shape index (κ3) is 4.81. The van der Waals surface area contributed by atoms with Crippen LogP contribution in [0.2, 0.25) is 0 Å². The van der Waals surface area contributed by atoms with Crippen molar-refractivity contribution in [3.63, 3.8) is 0 Å². The maximum absolute atomic E-state index is 13.6. The molecule has 1 aliphatic rings. The fourth-order valence-electron chi connectivity index (χ4n) is 3.72. The lowest BCUT2D eigenvalue weighted by atomic mass is 10.1. The first-order valence-electron chi connectivity index (χ1n) is 10.9. The molecule has 3 aromatic heterocycles. The van der Waals surface area contributed by atoms with Gasteiger partial charge < -0.3 is 29.4 Å². The van der Waals surface area contributed by atoms with Gasteiger partial charge in [0.1, 0.15) is 17.7 Å². The molecule has 1 aromatic carbocycles. The van der Waals surface area contributed by atoms with E-state index < -0.39 is 6.04 Å². The molecule has 34 heavy (non-hydrogen) atoms. The summed E-state index contributed by atoms with van der Waals surface area (Å²) < 4.78 is 22.8. The third-order valence-electron chi connectivity index (χ3n) is 5.46. The lowest BCUT2D eigenvalue weighted by molar-refractivity contribution is 0.122. The number of aromatic nitrogens is 7. The van der Waals surface area contributed by atoms with Crippen LogP contribution in [0.15, 0.2) is 49.2 Å². The Balaban J connectivity index is 1.52. The molecule has 176 valence electrons. The molecular weight excluding hydrogens is 439 g/mol. The summed E-state index contributed by atoms with van der Waals surface area (Å²) in [5.41, 5.74) is 0.822. The summed E-state index contributed by atoms with van der Waals surface area (Å²) in [6, 6.07) is 5.88. The van der Waals surface area contributed by atoms with Crippen LogP contribution in [-0.4, -0.2) is 60.4 Å². The number of morpholine rings is 1. The van der Waals surface area contributed by atoms with Crippen molar-refractivity contribution >= 4 is 23.7 Å². The lowest BCUT2D eigenvalue weighted by Crippen LogP contribution is -2.37. The Morgan fingerprint density at radius 3 is 2.44 bits per heavy atom. The predicted octanol–water partition coefficient (Wildman–Crippen LogP) is 2.26. The predicted molar refractivity (Wildman–Crippen MR) is 124 cm³/mol. The van der Waals surface area contributed by atoms with Gasteiger partial charge in [0.2, 0.25) is 17.8 Å². The minimum absolute atomic E-state index is 0.307. The largest absolute Gasteiger partial charge is 0.378 e. The van der Waals surface area contributed by atoms with E-state index >= 15 is 0 Å². The molecule has 2 N–H and O–H groups in total. The number of imidazole rings is 2. The molecule has 1 saturated heterocycles. The topological polar surface area (TPSA) is 111 Å². The van der Waals surface area contributed by atoms with Crippen LogP contribution in [0.4, 0.5) is 28.1 Å². The summed E-state index contributed by atoms with van der Waals surface area (Å²) in [5, 5.41) is 6.53. The minimum Gasteiger partial charge on any atom is -0.378 e. The Hall–Kier alpha value is -4.06. The average molecular weight is 465 g/mol. The molecule has 4 heterocycles. The SMILES string of the molecule is Cn1cnc(Nc2nc(NC(c3ccc(F)cc3)c3nccn3C)nc(N3CCOCC3)n2)c1. The molecule has 1 atom stereocenters. The maximum atomic E-state index is 13.6. The van der Waals surface area contributed by atoms with Crippen LogP contribution in [-0.2, 0) is 18.8 Å². The van der Waals surface area contributed by atoms with E-state index in [2.05, 4.69) is 35.6 Å². The number of halogens is 1. The van der Waals surface area contributed by atoms with Crippen LogP contribution in [0.5, 0.6) is 0 Å². The van der Waals surface area contributed by atoms with Gasteiger partial charge in [-0.2, -0.15) is 15.0 Å². The normalized spacial score (nSPS) is 14.7. The van der Waals surface area contributed by atoms with Gasteiger partial charge in [0, 0.05) is 45.8 Å². The van der Waals surface area contributed by atoms with E-state index in [1.54, 1.807) is 24.7 Å². The van der Waals surface area contributed by atoms with Gasteiger partial charge in [0.15, 0.2) is 5.82 Å². The van der Waals surface area contributed by atoms with Crippen LogP contribution in [0, 0.1) is 5.82 Å². The third-order valence-corrected chi connectivity index (χ3v) is 5.46. The smallest absolute Gasteiger partial charge is 0.235 e. The Morgan fingerprint density at radius 1 is 1.00 bits per heavy atom. The fourth-order valence-corrected chi connectivity index (χ4v) is 3.72. The zero-order valence-corrected chi connectivity index (χ0v) is 18.9. The van der Waals surface area contributed by atoms with Crippen molar-refractivity contribution in [1.82, 2.24) is 34.1 Å². The van der Waals surface area contributed by atoms with Gasteiger partial charge in [-0.05, 0) is 17.7 Å². The van der Waals surface area contributed by atoms with Crippen molar-refractivity contribution < 1.29 is 9.13 Å². The molecule has 0 bridgehead atoms. The van der Waals surface area contributed by atoms with E-state index in [0.717, 1.165) is 11.4 Å². The number of aryl methyl sites for hydroxylation is 2. The van der Waals surface area contributed by atoms with E-state index in [1.807, 2.05) is 40.5 Å². The van der Waals surface area contributed by atoms with Gasteiger partial charge in [0.25, 0.3) is 0 Å². The second-order valence-corrected chi connectivity index (χ2v) is 7.96. The zero-order valence-electron chi connectivity index (χ0n) is 18.9. The van der Waals surface area contributed by atoms with Gasteiger partial charge in [-0.25, -0.2) is 14.4 Å². The van der Waals surface area contributed by atoms with Gasteiger partial charge in [-0.3, -0.25) is 0 Å². The van der Waals surface area contributed by atoms with E-state index in [-0.39, 0.29) is 5.82 Å². The molecule has 0 amide bonds. The number of ether oxygens (including phenoxy) is 1. The van der Waals surface area contributed by atoms with Crippen molar-refractivity contribution in [2.45, 2.75) is 6.04 Å². The first kappa shape index (κ1) is 21.8. The second-order valence-electron chi connectivity index (χ2n) is 7.96. The van der Waals surface area contributed by atoms with Crippen molar-refractivity contribution in [1.29, 1.82) is 0 Å². The Kier molecular flexibility index (Phi) is 6.04. The van der Waals surface area contributed by atoms with Crippen LogP contribution in [0.3, 0.4) is 0 Å². The summed E-state index contributed by atoms with van der Waals surface area (Å²) in [6.45, 7) is 2.55. The Morgan fingerprint density at radius 2 is 1.76 bits per heavy atom. The Bertz CT molecular complexity index is 1250. The van der Waals surface area contributed by atoms with Crippen molar-refractivity contribution in [2.24, 2.45) is 14.1 Å². The highest BCUT2D eigenvalue weighted by Gasteiger charge is 2.22. The average Bonchev–Trinajstić information content (AvgIpc) is 3.46. The van der Waals surface area contributed by atoms with E-state index in [1.165, 1.54) is 12.1 Å². The van der Waals surface area contributed by atoms with Crippen molar-refractivity contribution in [2.75, 3.05) is 41.8 Å².